The van der Waals surface area contributed by atoms with Gasteiger partial charge >= 0.3 is 15.2 Å². The molecule has 0 saturated carbocycles. The number of nitrogens with one attached hydrogen (secondary N) is 1. The summed E-state index contributed by atoms with van der Waals surface area (Å²) in [5, 5.41) is 3.09. The average molecular weight is 376 g/mol. The molecule has 21 heavy (non-hydrogen) atoms. The molecule has 0 unspecified atom stereocenters. The normalized spacial score (nSPS) is 16.5. The average Bonchev–Trinajstić information content (AvgIpc) is 2.65. The molecule has 0 amide bonds. The summed E-state index contributed by atoms with van der Waals surface area (Å²) in [5.41, 5.74) is -0.551. The fraction of sp³-hybridized carbons (Fsp3) is 0.400. The SMILES string of the molecule is O=P(O)(O)C(NC1Cc2cc(Cl)c(Cl)cc2C1)P(=O)(O)O. The van der Waals surface area contributed by atoms with Gasteiger partial charge in [-0.15, -0.1) is 0 Å². The van der Waals surface area contributed by atoms with Gasteiger partial charge < -0.3 is 19.6 Å². The Kier molecular flexibility index (Phi) is 4.92. The molecule has 5 N–H and O–H groups in total. The maximum absolute atomic E-state index is 11.2. The van der Waals surface area contributed by atoms with Crippen molar-refractivity contribution < 1.29 is 28.7 Å². The quantitative estimate of drug-likeness (QED) is 0.506. The minimum absolute atomic E-state index is 0.350. The van der Waals surface area contributed by atoms with Gasteiger partial charge in [0.2, 0.25) is 5.52 Å². The molecule has 1 aromatic rings. The van der Waals surface area contributed by atoms with Crippen LogP contribution in [0.2, 0.25) is 10.0 Å². The standard InChI is InChI=1S/C10H13Cl2NO6P2/c11-8-3-5-1-7(2-6(5)4-9(8)12)13-10(20(14,15)16)21(17,18)19/h3-4,7,10,13H,1-2H2,(H2,14,15,16)(H2,17,18,19). The van der Waals surface area contributed by atoms with Crippen LogP contribution in [0.15, 0.2) is 12.1 Å². The second-order valence-electron chi connectivity index (χ2n) is 4.86. The van der Waals surface area contributed by atoms with Gasteiger partial charge in [0.05, 0.1) is 10.0 Å². The van der Waals surface area contributed by atoms with E-state index in [2.05, 4.69) is 5.32 Å². The predicted octanol–water partition coefficient (Wildman–Crippen LogP) is 1.69. The van der Waals surface area contributed by atoms with E-state index >= 15 is 0 Å². The van der Waals surface area contributed by atoms with Crippen molar-refractivity contribution in [3.05, 3.63) is 33.3 Å². The molecule has 0 bridgehead atoms. The van der Waals surface area contributed by atoms with Gasteiger partial charge in [-0.25, -0.2) is 0 Å². The number of hydrogen-bond donors (Lipinski definition) is 5. The summed E-state index contributed by atoms with van der Waals surface area (Å²) in [6, 6.07) is 2.77. The van der Waals surface area contributed by atoms with Gasteiger partial charge in [-0.2, -0.15) is 0 Å². The Hall–Kier alpha value is 0.0600. The van der Waals surface area contributed by atoms with Crippen molar-refractivity contribution in [1.29, 1.82) is 0 Å². The summed E-state index contributed by atoms with van der Waals surface area (Å²) >= 11 is 11.8. The maximum atomic E-state index is 11.2. The molecule has 0 atom stereocenters. The molecule has 1 aromatic carbocycles. The molecule has 1 aliphatic carbocycles. The first-order chi connectivity index (χ1) is 9.48. The molecule has 0 fully saturated rings. The molecule has 0 heterocycles. The van der Waals surface area contributed by atoms with E-state index in [4.69, 9.17) is 42.8 Å². The second kappa shape index (κ2) is 5.93. The van der Waals surface area contributed by atoms with E-state index in [0.717, 1.165) is 11.1 Å². The Morgan fingerprint density at radius 3 is 1.71 bits per heavy atom. The van der Waals surface area contributed by atoms with Crippen LogP contribution < -0.4 is 5.32 Å². The highest BCUT2D eigenvalue weighted by molar-refractivity contribution is 7.70. The fourth-order valence-corrected chi connectivity index (χ4v) is 5.08. The number of halogens is 2. The van der Waals surface area contributed by atoms with Crippen molar-refractivity contribution in [3.8, 4) is 0 Å². The highest BCUT2D eigenvalue weighted by atomic mass is 35.5. The van der Waals surface area contributed by atoms with E-state index in [-0.39, 0.29) is 0 Å². The first kappa shape index (κ1) is 17.4. The lowest BCUT2D eigenvalue weighted by Gasteiger charge is -2.24. The molecule has 1 aliphatic rings. The maximum Gasteiger partial charge on any atom is 0.354 e. The van der Waals surface area contributed by atoms with Gasteiger partial charge in [0.25, 0.3) is 0 Å². The first-order valence-corrected chi connectivity index (χ1v) is 9.93. The van der Waals surface area contributed by atoms with Crippen molar-refractivity contribution in [2.24, 2.45) is 0 Å². The molecule has 0 aliphatic heterocycles. The molecule has 0 spiro atoms. The van der Waals surface area contributed by atoms with Crippen LogP contribution in [0.1, 0.15) is 11.1 Å². The topological polar surface area (TPSA) is 127 Å². The largest absolute Gasteiger partial charge is 0.354 e. The summed E-state index contributed by atoms with van der Waals surface area (Å²) in [4.78, 5) is 36.4. The minimum atomic E-state index is -4.99. The summed E-state index contributed by atoms with van der Waals surface area (Å²) in [7, 11) is -9.98. The zero-order valence-corrected chi connectivity index (χ0v) is 13.8. The van der Waals surface area contributed by atoms with E-state index in [1.165, 1.54) is 0 Å². The molecular weight excluding hydrogens is 363 g/mol. The molecule has 7 nitrogen and oxygen atoms in total. The van der Waals surface area contributed by atoms with Crippen molar-refractivity contribution in [3.63, 3.8) is 0 Å². The van der Waals surface area contributed by atoms with Crippen LogP contribution in [0.25, 0.3) is 0 Å². The molecule has 11 heteroatoms. The monoisotopic (exact) mass is 375 g/mol. The molecule has 2 rings (SSSR count). The van der Waals surface area contributed by atoms with E-state index in [1.54, 1.807) is 12.1 Å². The lowest BCUT2D eigenvalue weighted by molar-refractivity contribution is 0.320. The smallest absolute Gasteiger partial charge is 0.323 e. The van der Waals surface area contributed by atoms with Crippen LogP contribution in [-0.2, 0) is 22.0 Å². The number of hydrogen-bond acceptors (Lipinski definition) is 3. The molecular formula is C10H13Cl2NO6P2. The van der Waals surface area contributed by atoms with Crippen LogP contribution >= 0.6 is 38.4 Å². The Morgan fingerprint density at radius 1 is 1.00 bits per heavy atom. The van der Waals surface area contributed by atoms with E-state index in [9.17, 15) is 9.13 Å². The Labute approximate surface area is 130 Å². The molecule has 0 aromatic heterocycles. The summed E-state index contributed by atoms with van der Waals surface area (Å²) < 4.78 is 22.5. The zero-order valence-electron chi connectivity index (χ0n) is 10.5. The Morgan fingerprint density at radius 2 is 1.38 bits per heavy atom. The summed E-state index contributed by atoms with van der Waals surface area (Å²) in [5.74, 6) is 0. The molecule has 0 saturated heterocycles. The van der Waals surface area contributed by atoms with E-state index < -0.39 is 26.8 Å². The van der Waals surface area contributed by atoms with Gasteiger partial charge in [0.1, 0.15) is 0 Å². The van der Waals surface area contributed by atoms with Crippen molar-refractivity contribution in [2.45, 2.75) is 24.4 Å². The number of benzene rings is 1. The minimum Gasteiger partial charge on any atom is -0.323 e. The van der Waals surface area contributed by atoms with Gasteiger partial charge in [0.15, 0.2) is 0 Å². The van der Waals surface area contributed by atoms with Crippen LogP contribution in [0.4, 0.5) is 0 Å². The third-order valence-corrected chi connectivity index (χ3v) is 7.30. The lowest BCUT2D eigenvalue weighted by atomic mass is 10.1. The van der Waals surface area contributed by atoms with Crippen molar-refractivity contribution in [1.82, 2.24) is 5.32 Å². The first-order valence-electron chi connectivity index (χ1n) is 5.82. The third kappa shape index (κ3) is 4.08. The number of fused-ring (bicyclic) bond motifs is 1. The zero-order chi connectivity index (χ0) is 16.0. The highest BCUT2D eigenvalue weighted by Crippen LogP contribution is 2.58. The fourth-order valence-electron chi connectivity index (χ4n) is 2.33. The van der Waals surface area contributed by atoms with Gasteiger partial charge in [0, 0.05) is 6.04 Å². The highest BCUT2D eigenvalue weighted by Gasteiger charge is 2.45. The van der Waals surface area contributed by atoms with Crippen LogP contribution in [0, 0.1) is 0 Å². The summed E-state index contributed by atoms with van der Waals surface area (Å²) in [6.45, 7) is 0. The van der Waals surface area contributed by atoms with Crippen LogP contribution in [0.3, 0.4) is 0 Å². The molecule has 118 valence electrons. The Balaban J connectivity index is 2.19. The van der Waals surface area contributed by atoms with Gasteiger partial charge in [-0.3, -0.25) is 14.4 Å². The molecule has 0 radical (unpaired) electrons. The number of rotatable bonds is 4. The Bertz CT molecular complexity index is 604. The van der Waals surface area contributed by atoms with Crippen molar-refractivity contribution >= 4 is 38.4 Å². The predicted molar refractivity (Wildman–Crippen MR) is 78.7 cm³/mol. The van der Waals surface area contributed by atoms with Gasteiger partial charge in [-0.1, -0.05) is 23.2 Å². The second-order valence-corrected chi connectivity index (χ2v) is 9.47. The lowest BCUT2D eigenvalue weighted by Crippen LogP contribution is -2.38. The van der Waals surface area contributed by atoms with E-state index in [0.29, 0.717) is 22.9 Å². The third-order valence-electron chi connectivity index (χ3n) is 3.20. The van der Waals surface area contributed by atoms with Crippen molar-refractivity contribution in [2.75, 3.05) is 0 Å². The summed E-state index contributed by atoms with van der Waals surface area (Å²) in [6.07, 6.45) is 0.700. The van der Waals surface area contributed by atoms with Crippen LogP contribution in [-0.4, -0.2) is 31.1 Å². The van der Waals surface area contributed by atoms with E-state index in [1.807, 2.05) is 0 Å². The van der Waals surface area contributed by atoms with Gasteiger partial charge in [-0.05, 0) is 36.1 Å². The van der Waals surface area contributed by atoms with Crippen LogP contribution in [0.5, 0.6) is 0 Å².